The Hall–Kier alpha value is -3.55. The van der Waals surface area contributed by atoms with E-state index in [1.165, 1.54) is 6.92 Å². The van der Waals surface area contributed by atoms with Crippen LogP contribution >= 0.6 is 0 Å². The highest BCUT2D eigenvalue weighted by Gasteiger charge is 2.20. The van der Waals surface area contributed by atoms with E-state index in [2.05, 4.69) is 31.4 Å². The molecule has 3 rings (SSSR count). The molecule has 0 saturated heterocycles. The van der Waals surface area contributed by atoms with Crippen molar-refractivity contribution in [3.8, 4) is 11.5 Å². The molecular formula is C23H26N2O6. The Kier molecular flexibility index (Phi) is 6.48. The van der Waals surface area contributed by atoms with Gasteiger partial charge >= 0.3 is 5.97 Å². The van der Waals surface area contributed by atoms with Crippen LogP contribution in [-0.4, -0.2) is 37.2 Å². The molecule has 0 saturated carbocycles. The second-order valence-corrected chi connectivity index (χ2v) is 8.20. The molecule has 0 spiro atoms. The third-order valence-corrected chi connectivity index (χ3v) is 4.72. The van der Waals surface area contributed by atoms with Crippen molar-refractivity contribution >= 4 is 23.5 Å². The Balaban J connectivity index is 1.46. The predicted molar refractivity (Wildman–Crippen MR) is 114 cm³/mol. The molecule has 1 aliphatic rings. The summed E-state index contributed by atoms with van der Waals surface area (Å²) in [5.41, 5.74) is 2.01. The Morgan fingerprint density at radius 2 is 1.71 bits per heavy atom. The second-order valence-electron chi connectivity index (χ2n) is 8.20. The molecule has 164 valence electrons. The quantitative estimate of drug-likeness (QED) is 0.689. The SMILES string of the molecule is CC(OC(=O)CNC(=O)c1ccc(C(C)(C)C)cc1)C(=O)Nc1ccc2c(c1)OCO2. The summed E-state index contributed by atoms with van der Waals surface area (Å²) in [7, 11) is 0. The highest BCUT2D eigenvalue weighted by atomic mass is 16.7. The lowest BCUT2D eigenvalue weighted by Gasteiger charge is -2.19. The molecule has 2 N–H and O–H groups in total. The van der Waals surface area contributed by atoms with Crippen molar-refractivity contribution in [2.75, 3.05) is 18.7 Å². The summed E-state index contributed by atoms with van der Waals surface area (Å²) >= 11 is 0. The molecular weight excluding hydrogens is 400 g/mol. The minimum Gasteiger partial charge on any atom is -0.454 e. The van der Waals surface area contributed by atoms with Crippen LogP contribution in [0.5, 0.6) is 11.5 Å². The van der Waals surface area contributed by atoms with Crippen LogP contribution in [-0.2, 0) is 19.7 Å². The molecule has 0 fully saturated rings. The second kappa shape index (κ2) is 9.07. The summed E-state index contributed by atoms with van der Waals surface area (Å²) in [5, 5.41) is 5.15. The maximum atomic E-state index is 12.3. The van der Waals surface area contributed by atoms with Crippen LogP contribution in [0.25, 0.3) is 0 Å². The van der Waals surface area contributed by atoms with E-state index >= 15 is 0 Å². The first-order chi connectivity index (χ1) is 14.6. The number of nitrogens with one attached hydrogen (secondary N) is 2. The fraction of sp³-hybridized carbons (Fsp3) is 0.348. The number of rotatable bonds is 6. The fourth-order valence-corrected chi connectivity index (χ4v) is 2.89. The van der Waals surface area contributed by atoms with E-state index in [1.54, 1.807) is 30.3 Å². The summed E-state index contributed by atoms with van der Waals surface area (Å²) in [6.07, 6.45) is -1.04. The van der Waals surface area contributed by atoms with E-state index < -0.39 is 23.9 Å². The first kappa shape index (κ1) is 22.1. The summed E-state index contributed by atoms with van der Waals surface area (Å²) in [6.45, 7) is 7.49. The van der Waals surface area contributed by atoms with Crippen LogP contribution in [0.2, 0.25) is 0 Å². The third kappa shape index (κ3) is 5.75. The molecule has 1 aliphatic heterocycles. The van der Waals surface area contributed by atoms with Crippen LogP contribution in [0.3, 0.4) is 0 Å². The van der Waals surface area contributed by atoms with E-state index in [1.807, 2.05) is 12.1 Å². The minimum absolute atomic E-state index is 0.0177. The molecule has 0 aromatic heterocycles. The van der Waals surface area contributed by atoms with Gasteiger partial charge in [0.1, 0.15) is 6.54 Å². The lowest BCUT2D eigenvalue weighted by molar-refractivity contribution is -0.152. The number of ether oxygens (including phenoxy) is 3. The average Bonchev–Trinajstić information content (AvgIpc) is 3.19. The predicted octanol–water partition coefficient (Wildman–Crippen LogP) is 3.01. The Labute approximate surface area is 180 Å². The Morgan fingerprint density at radius 1 is 1.03 bits per heavy atom. The number of carbonyl (C=O) groups is 3. The fourth-order valence-electron chi connectivity index (χ4n) is 2.89. The number of amides is 2. The van der Waals surface area contributed by atoms with Gasteiger partial charge in [0.05, 0.1) is 0 Å². The molecule has 31 heavy (non-hydrogen) atoms. The molecule has 1 unspecified atom stereocenters. The summed E-state index contributed by atoms with van der Waals surface area (Å²) < 4.78 is 15.6. The summed E-state index contributed by atoms with van der Waals surface area (Å²) in [6, 6.07) is 12.2. The van der Waals surface area contributed by atoms with Crippen LogP contribution in [0.4, 0.5) is 5.69 Å². The molecule has 0 bridgehead atoms. The lowest BCUT2D eigenvalue weighted by atomic mass is 9.87. The standard InChI is InChI=1S/C23H26N2O6/c1-14(21(27)25-17-9-10-18-19(11-17)30-13-29-18)31-20(26)12-24-22(28)15-5-7-16(8-6-15)23(2,3)4/h5-11,14H,12-13H2,1-4H3,(H,24,28)(H,25,27). The number of benzene rings is 2. The van der Waals surface area contributed by atoms with Crippen LogP contribution in [0.15, 0.2) is 42.5 Å². The largest absolute Gasteiger partial charge is 0.454 e. The minimum atomic E-state index is -1.04. The molecule has 1 atom stereocenters. The molecule has 2 amide bonds. The lowest BCUT2D eigenvalue weighted by Crippen LogP contribution is -2.35. The zero-order chi connectivity index (χ0) is 22.6. The normalized spacial score (nSPS) is 13.3. The van der Waals surface area contributed by atoms with Crippen molar-refractivity contribution in [2.24, 2.45) is 0 Å². The first-order valence-corrected chi connectivity index (χ1v) is 9.92. The van der Waals surface area contributed by atoms with E-state index in [0.717, 1.165) is 5.56 Å². The van der Waals surface area contributed by atoms with Crippen molar-refractivity contribution in [3.05, 3.63) is 53.6 Å². The average molecular weight is 426 g/mol. The molecule has 1 heterocycles. The smallest absolute Gasteiger partial charge is 0.326 e. The summed E-state index contributed by atoms with van der Waals surface area (Å²) in [5.74, 6) is -0.485. The number of carbonyl (C=O) groups excluding carboxylic acids is 3. The van der Waals surface area contributed by atoms with Gasteiger partial charge in [-0.15, -0.1) is 0 Å². The monoisotopic (exact) mass is 426 g/mol. The number of hydrogen-bond donors (Lipinski definition) is 2. The van der Waals surface area contributed by atoms with Gasteiger partial charge in [-0.3, -0.25) is 14.4 Å². The van der Waals surface area contributed by atoms with Crippen LogP contribution in [0.1, 0.15) is 43.6 Å². The van der Waals surface area contributed by atoms with Crippen molar-refractivity contribution in [1.29, 1.82) is 0 Å². The first-order valence-electron chi connectivity index (χ1n) is 9.92. The molecule has 2 aromatic carbocycles. The van der Waals surface area contributed by atoms with Crippen molar-refractivity contribution in [1.82, 2.24) is 5.32 Å². The number of hydrogen-bond acceptors (Lipinski definition) is 6. The van der Waals surface area contributed by atoms with Gasteiger partial charge in [-0.25, -0.2) is 0 Å². The van der Waals surface area contributed by atoms with Gasteiger partial charge in [0.15, 0.2) is 17.6 Å². The maximum Gasteiger partial charge on any atom is 0.326 e. The molecule has 0 aliphatic carbocycles. The maximum absolute atomic E-state index is 12.3. The van der Waals surface area contributed by atoms with Crippen molar-refractivity contribution in [3.63, 3.8) is 0 Å². The van der Waals surface area contributed by atoms with E-state index in [4.69, 9.17) is 14.2 Å². The number of anilines is 1. The van der Waals surface area contributed by atoms with Gasteiger partial charge in [-0.2, -0.15) is 0 Å². The molecule has 0 radical (unpaired) electrons. The Morgan fingerprint density at radius 3 is 2.39 bits per heavy atom. The van der Waals surface area contributed by atoms with Crippen molar-refractivity contribution < 1.29 is 28.6 Å². The van der Waals surface area contributed by atoms with Gasteiger partial charge in [0.25, 0.3) is 11.8 Å². The zero-order valence-electron chi connectivity index (χ0n) is 18.0. The van der Waals surface area contributed by atoms with Gasteiger partial charge < -0.3 is 24.8 Å². The van der Waals surface area contributed by atoms with Gasteiger partial charge in [0.2, 0.25) is 6.79 Å². The van der Waals surface area contributed by atoms with Gasteiger partial charge in [-0.05, 0) is 42.2 Å². The third-order valence-electron chi connectivity index (χ3n) is 4.72. The van der Waals surface area contributed by atoms with E-state index in [9.17, 15) is 14.4 Å². The molecule has 8 nitrogen and oxygen atoms in total. The van der Waals surface area contributed by atoms with Gasteiger partial charge in [-0.1, -0.05) is 32.9 Å². The van der Waals surface area contributed by atoms with Gasteiger partial charge in [0, 0.05) is 17.3 Å². The van der Waals surface area contributed by atoms with Crippen molar-refractivity contribution in [2.45, 2.75) is 39.2 Å². The highest BCUT2D eigenvalue weighted by Crippen LogP contribution is 2.34. The summed E-state index contributed by atoms with van der Waals surface area (Å²) in [4.78, 5) is 36.5. The highest BCUT2D eigenvalue weighted by molar-refractivity contribution is 5.97. The number of fused-ring (bicyclic) bond motifs is 1. The molecule has 2 aromatic rings. The zero-order valence-corrected chi connectivity index (χ0v) is 18.0. The van der Waals surface area contributed by atoms with E-state index in [0.29, 0.717) is 22.7 Å². The Bertz CT molecular complexity index is 979. The van der Waals surface area contributed by atoms with E-state index in [-0.39, 0.29) is 18.8 Å². The van der Waals surface area contributed by atoms with Crippen LogP contribution < -0.4 is 20.1 Å². The number of esters is 1. The molecule has 8 heteroatoms. The van der Waals surface area contributed by atoms with Crippen LogP contribution in [0, 0.1) is 0 Å². The topological polar surface area (TPSA) is 103 Å².